The normalized spacial score (nSPS) is 19.2. The van der Waals surface area contributed by atoms with Gasteiger partial charge in [-0.25, -0.2) is 8.78 Å². The molecule has 1 fully saturated rings. The van der Waals surface area contributed by atoms with Gasteiger partial charge in [0.1, 0.15) is 17.4 Å². The van der Waals surface area contributed by atoms with Crippen LogP contribution in [0.25, 0.3) is 0 Å². The van der Waals surface area contributed by atoms with Crippen molar-refractivity contribution in [2.45, 2.75) is 45.6 Å². The summed E-state index contributed by atoms with van der Waals surface area (Å²) in [6.45, 7) is 5.75. The topological polar surface area (TPSA) is 107 Å². The number of carbonyl (C=O) groups excluding carboxylic acids is 1. The maximum Gasteiger partial charge on any atom is 0.309 e. The second-order valence-electron chi connectivity index (χ2n) is 10.8. The van der Waals surface area contributed by atoms with Crippen LogP contribution < -0.4 is 24.3 Å². The van der Waals surface area contributed by atoms with Crippen molar-refractivity contribution < 1.29 is 42.4 Å². The van der Waals surface area contributed by atoms with Crippen LogP contribution in [0, 0.1) is 17.6 Å². The number of amides is 1. The average Bonchev–Trinajstić information content (AvgIpc) is 3.62. The fraction of sp³-hybridized carbons (Fsp3) is 0.394. The highest BCUT2D eigenvalue weighted by atomic mass is 19.1. The van der Waals surface area contributed by atoms with Gasteiger partial charge in [0.15, 0.2) is 11.5 Å². The van der Waals surface area contributed by atoms with E-state index >= 15 is 4.39 Å². The number of ether oxygens (including phenoxy) is 4. The van der Waals surface area contributed by atoms with E-state index in [1.807, 2.05) is 13.8 Å². The Morgan fingerprint density at radius 1 is 1.05 bits per heavy atom. The van der Waals surface area contributed by atoms with Crippen LogP contribution in [-0.2, 0) is 22.4 Å². The Morgan fingerprint density at radius 2 is 1.77 bits per heavy atom. The molecule has 1 amide bonds. The Labute approximate surface area is 254 Å². The first kappa shape index (κ1) is 31.1. The van der Waals surface area contributed by atoms with Crippen molar-refractivity contribution in [3.63, 3.8) is 0 Å². The summed E-state index contributed by atoms with van der Waals surface area (Å²) < 4.78 is 51.9. The molecule has 2 N–H and O–H groups in total. The molecule has 1 unspecified atom stereocenters. The van der Waals surface area contributed by atoms with E-state index in [4.69, 9.17) is 18.9 Å². The van der Waals surface area contributed by atoms with Crippen molar-refractivity contribution in [3.05, 3.63) is 76.4 Å². The van der Waals surface area contributed by atoms with E-state index in [0.717, 1.165) is 0 Å². The number of aryl methyl sites for hydroxylation is 2. The minimum Gasteiger partial charge on any atom is -0.494 e. The Hall–Kier alpha value is -4.38. The summed E-state index contributed by atoms with van der Waals surface area (Å²) in [5, 5.41) is 13.5. The Morgan fingerprint density at radius 3 is 2.39 bits per heavy atom. The number of benzene rings is 3. The summed E-state index contributed by atoms with van der Waals surface area (Å²) in [6, 6.07) is 9.53. The zero-order chi connectivity index (χ0) is 31.5. The summed E-state index contributed by atoms with van der Waals surface area (Å²) in [5.41, 5.74) is 2.57. The standard InChI is InChI=1S/C33H36F2N2O7/c1-5-18-10-21(34)11-19(6-2)30(18)36-28(38)16-37-15-24(20-12-26(41-4)32-27(13-20)43-17-44-32)29(33(39)40)31(37)23-9-8-22(42-7-3)14-25(23)35/h8-14,24,29,31H,5-7,15-17H2,1-4H3,(H,36,38)(H,39,40)/t24-,29?,31+/m1/s1. The molecule has 9 nitrogen and oxygen atoms in total. The predicted octanol–water partition coefficient (Wildman–Crippen LogP) is 5.71. The first-order valence-corrected chi connectivity index (χ1v) is 14.7. The molecule has 1 saturated heterocycles. The quantitative estimate of drug-likeness (QED) is 0.285. The molecule has 0 saturated carbocycles. The molecule has 2 aliphatic rings. The van der Waals surface area contributed by atoms with Crippen LogP contribution in [0.2, 0.25) is 0 Å². The van der Waals surface area contributed by atoms with Gasteiger partial charge in [-0.05, 0) is 66.8 Å². The highest BCUT2D eigenvalue weighted by Crippen LogP contribution is 2.50. The second kappa shape index (κ2) is 13.1. The third-order valence-electron chi connectivity index (χ3n) is 8.23. The summed E-state index contributed by atoms with van der Waals surface area (Å²) in [4.78, 5) is 28.2. The minimum absolute atomic E-state index is 0.00261. The van der Waals surface area contributed by atoms with Crippen LogP contribution in [0.4, 0.5) is 14.5 Å². The van der Waals surface area contributed by atoms with Gasteiger partial charge >= 0.3 is 5.97 Å². The van der Waals surface area contributed by atoms with E-state index in [1.54, 1.807) is 30.0 Å². The lowest BCUT2D eigenvalue weighted by molar-refractivity contribution is -0.143. The maximum absolute atomic E-state index is 15.7. The number of carboxylic acid groups (broad SMARTS) is 1. The molecule has 2 aliphatic heterocycles. The number of methoxy groups -OCH3 is 1. The number of likely N-dealkylation sites (tertiary alicyclic amines) is 1. The van der Waals surface area contributed by atoms with E-state index in [2.05, 4.69) is 5.32 Å². The molecule has 0 radical (unpaired) electrons. The average molecular weight is 611 g/mol. The summed E-state index contributed by atoms with van der Waals surface area (Å²) in [6.07, 6.45) is 0.998. The second-order valence-corrected chi connectivity index (χ2v) is 10.8. The fourth-order valence-corrected chi connectivity index (χ4v) is 6.27. The van der Waals surface area contributed by atoms with E-state index in [9.17, 15) is 19.1 Å². The van der Waals surface area contributed by atoms with Gasteiger partial charge in [0.25, 0.3) is 0 Å². The number of anilines is 1. The zero-order valence-corrected chi connectivity index (χ0v) is 25.1. The molecule has 0 spiro atoms. The monoisotopic (exact) mass is 610 g/mol. The fourth-order valence-electron chi connectivity index (χ4n) is 6.27. The van der Waals surface area contributed by atoms with E-state index in [0.29, 0.717) is 64.8 Å². The van der Waals surface area contributed by atoms with Crippen LogP contribution >= 0.6 is 0 Å². The third-order valence-corrected chi connectivity index (χ3v) is 8.23. The first-order valence-electron chi connectivity index (χ1n) is 14.7. The maximum atomic E-state index is 15.7. The van der Waals surface area contributed by atoms with Crippen molar-refractivity contribution in [3.8, 4) is 23.0 Å². The molecule has 0 bridgehead atoms. The predicted molar refractivity (Wildman–Crippen MR) is 159 cm³/mol. The van der Waals surface area contributed by atoms with Crippen LogP contribution in [0.5, 0.6) is 23.0 Å². The molecule has 234 valence electrons. The molecule has 44 heavy (non-hydrogen) atoms. The first-order chi connectivity index (χ1) is 21.2. The molecular formula is C33H36F2N2O7. The molecule has 3 aromatic carbocycles. The Kier molecular flexibility index (Phi) is 9.24. The third kappa shape index (κ3) is 6.01. The number of aliphatic carboxylic acids is 1. The van der Waals surface area contributed by atoms with E-state index in [-0.39, 0.29) is 31.3 Å². The Bertz CT molecular complexity index is 1540. The van der Waals surface area contributed by atoms with Crippen LogP contribution in [0.3, 0.4) is 0 Å². The number of nitrogens with zero attached hydrogens (tertiary/aromatic N) is 1. The number of hydrogen-bond acceptors (Lipinski definition) is 7. The van der Waals surface area contributed by atoms with Crippen molar-refractivity contribution in [2.75, 3.05) is 38.9 Å². The Balaban J connectivity index is 1.55. The lowest BCUT2D eigenvalue weighted by Crippen LogP contribution is -2.36. The van der Waals surface area contributed by atoms with Crippen molar-refractivity contribution in [1.82, 2.24) is 4.90 Å². The summed E-state index contributed by atoms with van der Waals surface area (Å²) in [5.74, 6) is -2.85. The number of nitrogens with one attached hydrogen (secondary N) is 1. The molecular weight excluding hydrogens is 574 g/mol. The molecule has 3 aromatic rings. The highest BCUT2D eigenvalue weighted by molar-refractivity contribution is 5.94. The van der Waals surface area contributed by atoms with Crippen LogP contribution in [0.1, 0.15) is 55.0 Å². The number of hydrogen-bond donors (Lipinski definition) is 2. The molecule has 3 atom stereocenters. The van der Waals surface area contributed by atoms with Gasteiger partial charge < -0.3 is 29.4 Å². The lowest BCUT2D eigenvalue weighted by Gasteiger charge is -2.27. The zero-order valence-electron chi connectivity index (χ0n) is 25.1. The van der Waals surface area contributed by atoms with Gasteiger partial charge in [0.2, 0.25) is 18.4 Å². The summed E-state index contributed by atoms with van der Waals surface area (Å²) >= 11 is 0. The van der Waals surface area contributed by atoms with Crippen molar-refractivity contribution >= 4 is 17.6 Å². The smallest absolute Gasteiger partial charge is 0.309 e. The lowest BCUT2D eigenvalue weighted by atomic mass is 9.82. The van der Waals surface area contributed by atoms with E-state index < -0.39 is 35.6 Å². The number of fused-ring (bicyclic) bond motifs is 1. The van der Waals surface area contributed by atoms with Gasteiger partial charge in [-0.15, -0.1) is 0 Å². The molecule has 5 rings (SSSR count). The van der Waals surface area contributed by atoms with Gasteiger partial charge in [-0.1, -0.05) is 19.9 Å². The van der Waals surface area contributed by atoms with Gasteiger partial charge in [0.05, 0.1) is 32.2 Å². The van der Waals surface area contributed by atoms with Gasteiger partial charge in [0, 0.05) is 29.8 Å². The number of carboxylic acids is 1. The molecule has 2 heterocycles. The largest absolute Gasteiger partial charge is 0.494 e. The number of carbonyl (C=O) groups is 2. The number of halogens is 2. The van der Waals surface area contributed by atoms with Gasteiger partial charge in [-0.2, -0.15) is 0 Å². The van der Waals surface area contributed by atoms with Crippen molar-refractivity contribution in [1.29, 1.82) is 0 Å². The number of rotatable bonds is 11. The molecule has 0 aliphatic carbocycles. The highest BCUT2D eigenvalue weighted by Gasteiger charge is 2.49. The van der Waals surface area contributed by atoms with Crippen molar-refractivity contribution in [2.24, 2.45) is 5.92 Å². The molecule has 0 aromatic heterocycles. The molecule has 11 heteroatoms. The SMILES string of the molecule is CCOc1ccc([C@H]2C(C(=O)O)[C@@H](c3cc(OC)c4c(c3)OCO4)CN2CC(=O)Nc2c(CC)cc(F)cc2CC)c(F)c1. The van der Waals surface area contributed by atoms with Gasteiger partial charge in [-0.3, -0.25) is 14.5 Å². The van der Waals surface area contributed by atoms with Crippen LogP contribution in [-0.4, -0.2) is 55.5 Å². The minimum atomic E-state index is -1.15. The van der Waals surface area contributed by atoms with E-state index in [1.165, 1.54) is 31.4 Å². The summed E-state index contributed by atoms with van der Waals surface area (Å²) in [7, 11) is 1.48. The van der Waals surface area contributed by atoms with Crippen LogP contribution in [0.15, 0.2) is 42.5 Å².